The van der Waals surface area contributed by atoms with E-state index in [9.17, 15) is 4.79 Å². The molecule has 0 aliphatic carbocycles. The lowest BCUT2D eigenvalue weighted by molar-refractivity contribution is -0.153. The number of nitrogens with zero attached hydrogens (tertiary/aromatic N) is 2. The lowest BCUT2D eigenvalue weighted by atomic mass is 9.85. The van der Waals surface area contributed by atoms with Crippen LogP contribution >= 0.6 is 0 Å². The highest BCUT2D eigenvalue weighted by atomic mass is 16.6. The van der Waals surface area contributed by atoms with Gasteiger partial charge >= 0.3 is 0 Å². The molecule has 1 aromatic carbocycles. The second-order valence-electron chi connectivity index (χ2n) is 7.05. The van der Waals surface area contributed by atoms with E-state index in [0.717, 1.165) is 31.4 Å². The molecule has 0 unspecified atom stereocenters. The summed E-state index contributed by atoms with van der Waals surface area (Å²) in [4.78, 5) is 18.7. The highest BCUT2D eigenvalue weighted by molar-refractivity contribution is 5.92. The lowest BCUT2D eigenvalue weighted by Gasteiger charge is -2.44. The summed E-state index contributed by atoms with van der Waals surface area (Å²) in [6, 6.07) is 10.1. The monoisotopic (exact) mass is 356 g/mol. The van der Waals surface area contributed by atoms with Crippen molar-refractivity contribution in [1.29, 1.82) is 0 Å². The van der Waals surface area contributed by atoms with Crippen molar-refractivity contribution in [2.75, 3.05) is 19.7 Å². The zero-order chi connectivity index (χ0) is 18.0. The van der Waals surface area contributed by atoms with Crippen LogP contribution in [0.15, 0.2) is 41.0 Å². The van der Waals surface area contributed by atoms with Crippen LogP contribution in [-0.4, -0.2) is 47.2 Å². The van der Waals surface area contributed by atoms with Gasteiger partial charge in [-0.2, -0.15) is 0 Å². The number of ether oxygens (including phenoxy) is 2. The molecule has 3 heterocycles. The van der Waals surface area contributed by atoms with Crippen molar-refractivity contribution in [2.24, 2.45) is 0 Å². The van der Waals surface area contributed by atoms with Gasteiger partial charge in [0, 0.05) is 20.1 Å². The number of hydrogen-bond acceptors (Lipinski definition) is 5. The van der Waals surface area contributed by atoms with Crippen LogP contribution in [0.1, 0.15) is 41.2 Å². The fraction of sp³-hybridized carbons (Fsp3) is 0.500. The zero-order valence-electron chi connectivity index (χ0n) is 15.0. The second kappa shape index (κ2) is 7.21. The van der Waals surface area contributed by atoms with Crippen molar-refractivity contribution in [2.45, 2.75) is 44.5 Å². The maximum Gasteiger partial charge on any atom is 0.275 e. The van der Waals surface area contributed by atoms with E-state index >= 15 is 0 Å². The highest BCUT2D eigenvalue weighted by Crippen LogP contribution is 2.38. The molecule has 26 heavy (non-hydrogen) atoms. The van der Waals surface area contributed by atoms with Crippen molar-refractivity contribution in [1.82, 2.24) is 9.88 Å². The third-order valence-corrected chi connectivity index (χ3v) is 5.33. The predicted molar refractivity (Wildman–Crippen MR) is 94.7 cm³/mol. The van der Waals surface area contributed by atoms with Crippen molar-refractivity contribution in [3.8, 4) is 0 Å². The van der Waals surface area contributed by atoms with Gasteiger partial charge in [0.2, 0.25) is 0 Å². The van der Waals surface area contributed by atoms with Gasteiger partial charge in [0.1, 0.15) is 12.4 Å². The van der Waals surface area contributed by atoms with Gasteiger partial charge in [-0.05, 0) is 24.8 Å². The van der Waals surface area contributed by atoms with E-state index in [2.05, 4.69) is 4.98 Å². The Morgan fingerprint density at radius 3 is 2.88 bits per heavy atom. The van der Waals surface area contributed by atoms with Crippen molar-refractivity contribution < 1.29 is 18.7 Å². The first-order chi connectivity index (χ1) is 12.7. The smallest absolute Gasteiger partial charge is 0.275 e. The molecule has 0 bridgehead atoms. The lowest BCUT2D eigenvalue weighted by Crippen LogP contribution is -2.57. The predicted octanol–water partition coefficient (Wildman–Crippen LogP) is 2.96. The SMILES string of the molecule is Cc1nc(C(=O)N2CC[C@@]3(CCCO3)[C@@H](OCc3ccccc3)C2)co1. The van der Waals surface area contributed by atoms with Crippen LogP contribution in [0.3, 0.4) is 0 Å². The van der Waals surface area contributed by atoms with Gasteiger partial charge in [-0.25, -0.2) is 4.98 Å². The standard InChI is InChI=1S/C20H24N2O4/c1-15-21-17(14-24-15)19(23)22-10-9-20(8-5-11-26-20)18(12-22)25-13-16-6-3-2-4-7-16/h2-4,6-7,14,18H,5,8-13H2,1H3/t18-,20-/m0/s1. The normalized spacial score (nSPS) is 25.7. The molecule has 2 aliphatic rings. The van der Waals surface area contributed by atoms with Gasteiger partial charge in [-0.3, -0.25) is 4.79 Å². The number of piperidine rings is 1. The average Bonchev–Trinajstić information content (AvgIpc) is 3.31. The molecular weight excluding hydrogens is 332 g/mol. The van der Waals surface area contributed by atoms with Gasteiger partial charge in [0.15, 0.2) is 11.6 Å². The van der Waals surface area contributed by atoms with Crippen LogP contribution < -0.4 is 0 Å². The maximum atomic E-state index is 12.7. The first-order valence-electron chi connectivity index (χ1n) is 9.17. The summed E-state index contributed by atoms with van der Waals surface area (Å²) in [5, 5.41) is 0. The van der Waals surface area contributed by atoms with Gasteiger partial charge in [-0.15, -0.1) is 0 Å². The van der Waals surface area contributed by atoms with Gasteiger partial charge in [0.25, 0.3) is 5.91 Å². The van der Waals surface area contributed by atoms with E-state index in [1.807, 2.05) is 30.3 Å². The molecule has 2 aromatic rings. The van der Waals surface area contributed by atoms with E-state index in [0.29, 0.717) is 31.3 Å². The van der Waals surface area contributed by atoms with Gasteiger partial charge in [0.05, 0.1) is 18.8 Å². The minimum atomic E-state index is -0.273. The van der Waals surface area contributed by atoms with E-state index in [4.69, 9.17) is 13.9 Å². The Kier molecular flexibility index (Phi) is 4.78. The van der Waals surface area contributed by atoms with E-state index in [1.165, 1.54) is 6.26 Å². The molecule has 2 saturated heterocycles. The number of benzene rings is 1. The summed E-state index contributed by atoms with van der Waals surface area (Å²) in [6.45, 7) is 4.18. The largest absolute Gasteiger partial charge is 0.448 e. The Labute approximate surface area is 153 Å². The van der Waals surface area contributed by atoms with Crippen molar-refractivity contribution in [3.63, 3.8) is 0 Å². The second-order valence-corrected chi connectivity index (χ2v) is 7.05. The number of carbonyl (C=O) groups is 1. The molecule has 2 aliphatic heterocycles. The molecule has 1 spiro atoms. The van der Waals surface area contributed by atoms with E-state index in [-0.39, 0.29) is 17.6 Å². The third kappa shape index (κ3) is 3.39. The Morgan fingerprint density at radius 1 is 1.35 bits per heavy atom. The number of likely N-dealkylation sites (tertiary alicyclic amines) is 1. The number of rotatable bonds is 4. The van der Waals surface area contributed by atoms with E-state index < -0.39 is 0 Å². The Balaban J connectivity index is 1.48. The Morgan fingerprint density at radius 2 is 2.19 bits per heavy atom. The molecule has 1 aromatic heterocycles. The number of aromatic nitrogens is 1. The zero-order valence-corrected chi connectivity index (χ0v) is 15.0. The summed E-state index contributed by atoms with van der Waals surface area (Å²) in [7, 11) is 0. The number of aryl methyl sites for hydroxylation is 1. The van der Waals surface area contributed by atoms with Crippen LogP contribution in [0.25, 0.3) is 0 Å². The minimum absolute atomic E-state index is 0.108. The minimum Gasteiger partial charge on any atom is -0.448 e. The molecule has 6 nitrogen and oxygen atoms in total. The fourth-order valence-electron chi connectivity index (χ4n) is 3.90. The van der Waals surface area contributed by atoms with Crippen LogP contribution in [0.2, 0.25) is 0 Å². The Bertz CT molecular complexity index is 752. The molecular formula is C20H24N2O4. The van der Waals surface area contributed by atoms with Crippen LogP contribution in [0, 0.1) is 6.92 Å². The maximum absolute atomic E-state index is 12.7. The summed E-state index contributed by atoms with van der Waals surface area (Å²) in [5.41, 5.74) is 1.20. The van der Waals surface area contributed by atoms with Crippen molar-refractivity contribution in [3.05, 3.63) is 53.7 Å². The number of oxazole rings is 1. The third-order valence-electron chi connectivity index (χ3n) is 5.33. The molecule has 0 radical (unpaired) electrons. The summed E-state index contributed by atoms with van der Waals surface area (Å²) < 4.78 is 17.6. The summed E-state index contributed by atoms with van der Waals surface area (Å²) in [5.74, 6) is 0.390. The number of carbonyl (C=O) groups excluding carboxylic acids is 1. The molecule has 2 fully saturated rings. The Hall–Kier alpha value is -2.18. The highest BCUT2D eigenvalue weighted by Gasteiger charge is 2.48. The molecule has 2 atom stereocenters. The fourth-order valence-corrected chi connectivity index (χ4v) is 3.90. The van der Waals surface area contributed by atoms with Crippen LogP contribution in [0.5, 0.6) is 0 Å². The van der Waals surface area contributed by atoms with Crippen LogP contribution in [-0.2, 0) is 16.1 Å². The summed E-state index contributed by atoms with van der Waals surface area (Å²) in [6.07, 6.45) is 4.10. The quantitative estimate of drug-likeness (QED) is 0.843. The summed E-state index contributed by atoms with van der Waals surface area (Å²) >= 11 is 0. The molecule has 138 valence electrons. The number of hydrogen-bond donors (Lipinski definition) is 0. The van der Waals surface area contributed by atoms with Crippen molar-refractivity contribution >= 4 is 5.91 Å². The molecule has 0 N–H and O–H groups in total. The molecule has 0 saturated carbocycles. The van der Waals surface area contributed by atoms with Gasteiger partial charge < -0.3 is 18.8 Å². The first-order valence-corrected chi connectivity index (χ1v) is 9.17. The first kappa shape index (κ1) is 17.2. The topological polar surface area (TPSA) is 64.8 Å². The molecule has 1 amide bonds. The average molecular weight is 356 g/mol. The number of amides is 1. The molecule has 4 rings (SSSR count). The van der Waals surface area contributed by atoms with Gasteiger partial charge in [-0.1, -0.05) is 30.3 Å². The van der Waals surface area contributed by atoms with E-state index in [1.54, 1.807) is 11.8 Å². The molecule has 6 heteroatoms. The van der Waals surface area contributed by atoms with Crippen LogP contribution in [0.4, 0.5) is 0 Å².